The van der Waals surface area contributed by atoms with Crippen molar-refractivity contribution in [1.82, 2.24) is 5.32 Å². The minimum Gasteiger partial charge on any atom is -0.316 e. The summed E-state index contributed by atoms with van der Waals surface area (Å²) in [6.07, 6.45) is -2.18. The molecule has 1 aromatic carbocycles. The Bertz CT molecular complexity index is 490. The lowest BCUT2D eigenvalue weighted by Crippen LogP contribution is -2.45. The lowest BCUT2D eigenvalue weighted by atomic mass is 9.72. The van der Waals surface area contributed by atoms with Crippen molar-refractivity contribution in [3.8, 4) is 0 Å². The molecule has 0 aliphatic carbocycles. The van der Waals surface area contributed by atoms with E-state index in [0.29, 0.717) is 13.0 Å². The van der Waals surface area contributed by atoms with E-state index in [0.717, 1.165) is 31.5 Å². The Hall–Kier alpha value is -1.36. The second kappa shape index (κ2) is 5.56. The molecular formula is C15H18F3NO. The highest BCUT2D eigenvalue weighted by atomic mass is 19.4. The summed E-state index contributed by atoms with van der Waals surface area (Å²) >= 11 is 0. The van der Waals surface area contributed by atoms with E-state index in [4.69, 9.17) is 0 Å². The summed E-state index contributed by atoms with van der Waals surface area (Å²) in [5, 5.41) is 3.18. The Morgan fingerprint density at radius 3 is 2.70 bits per heavy atom. The molecule has 1 fully saturated rings. The zero-order chi connectivity index (χ0) is 14.8. The predicted octanol–water partition coefficient (Wildman–Crippen LogP) is 3.67. The highest BCUT2D eigenvalue weighted by Crippen LogP contribution is 2.36. The second-order valence-corrected chi connectivity index (χ2v) is 5.32. The molecule has 1 heterocycles. The summed E-state index contributed by atoms with van der Waals surface area (Å²) in [6.45, 7) is 3.31. The molecule has 0 spiro atoms. The van der Waals surface area contributed by atoms with Crippen LogP contribution in [0.2, 0.25) is 0 Å². The zero-order valence-corrected chi connectivity index (χ0v) is 11.4. The fraction of sp³-hybridized carbons (Fsp3) is 0.533. The van der Waals surface area contributed by atoms with Crippen LogP contribution in [-0.4, -0.2) is 18.9 Å². The van der Waals surface area contributed by atoms with Crippen LogP contribution in [0.25, 0.3) is 0 Å². The van der Waals surface area contributed by atoms with Gasteiger partial charge >= 0.3 is 6.18 Å². The largest absolute Gasteiger partial charge is 0.416 e. The van der Waals surface area contributed by atoms with Crippen LogP contribution in [0.15, 0.2) is 24.3 Å². The maximum absolute atomic E-state index is 12.7. The molecule has 0 saturated carbocycles. The number of benzene rings is 1. The molecular weight excluding hydrogens is 267 g/mol. The monoisotopic (exact) mass is 285 g/mol. The number of rotatable bonds is 3. The lowest BCUT2D eigenvalue weighted by molar-refractivity contribution is -0.137. The molecule has 0 aromatic heterocycles. The molecule has 110 valence electrons. The Kier molecular flexibility index (Phi) is 4.18. The Morgan fingerprint density at radius 2 is 2.15 bits per heavy atom. The summed E-state index contributed by atoms with van der Waals surface area (Å²) in [5.41, 5.74) is -1.17. The van der Waals surface area contributed by atoms with Crippen molar-refractivity contribution < 1.29 is 18.0 Å². The molecule has 2 nitrogen and oxygen atoms in total. The van der Waals surface area contributed by atoms with Crippen LogP contribution >= 0.6 is 0 Å². The molecule has 1 aliphatic rings. The van der Waals surface area contributed by atoms with Crippen molar-refractivity contribution in [2.75, 3.05) is 13.1 Å². The number of carbonyl (C=O) groups is 1. The van der Waals surface area contributed by atoms with E-state index in [1.807, 2.05) is 6.92 Å². The number of nitrogens with one attached hydrogen (secondary N) is 1. The molecule has 0 radical (unpaired) electrons. The topological polar surface area (TPSA) is 29.1 Å². The fourth-order valence-electron chi connectivity index (χ4n) is 2.77. The van der Waals surface area contributed by atoms with E-state index in [-0.39, 0.29) is 11.3 Å². The normalized spacial score (nSPS) is 23.6. The summed E-state index contributed by atoms with van der Waals surface area (Å²) in [6, 6.07) is 4.74. The molecule has 1 aromatic rings. The van der Waals surface area contributed by atoms with Gasteiger partial charge in [0.1, 0.15) is 0 Å². The van der Waals surface area contributed by atoms with Gasteiger partial charge in [-0.2, -0.15) is 13.2 Å². The van der Waals surface area contributed by atoms with E-state index < -0.39 is 17.2 Å². The van der Waals surface area contributed by atoms with E-state index in [9.17, 15) is 18.0 Å². The van der Waals surface area contributed by atoms with Crippen LogP contribution in [0.3, 0.4) is 0 Å². The van der Waals surface area contributed by atoms with Gasteiger partial charge in [0, 0.05) is 17.5 Å². The van der Waals surface area contributed by atoms with Crippen LogP contribution in [0.1, 0.15) is 42.1 Å². The first-order chi connectivity index (χ1) is 9.39. The number of Topliss-reactive ketones (excluding diaryl/α,β-unsaturated/α-hetero) is 1. The van der Waals surface area contributed by atoms with Crippen molar-refractivity contribution in [1.29, 1.82) is 0 Å². The van der Waals surface area contributed by atoms with Gasteiger partial charge in [0.05, 0.1) is 5.56 Å². The first kappa shape index (κ1) is 15.0. The van der Waals surface area contributed by atoms with E-state index in [1.165, 1.54) is 12.1 Å². The standard InChI is InChI=1S/C15H18F3NO/c1-2-14(7-4-8-19-10-14)13(20)11-5-3-6-12(9-11)15(16,17)18/h3,5-6,9,19H,2,4,7-8,10H2,1H3. The predicted molar refractivity (Wildman–Crippen MR) is 70.6 cm³/mol. The lowest BCUT2D eigenvalue weighted by Gasteiger charge is -2.35. The second-order valence-electron chi connectivity index (χ2n) is 5.32. The average molecular weight is 285 g/mol. The smallest absolute Gasteiger partial charge is 0.316 e. The SMILES string of the molecule is CCC1(C(=O)c2cccc(C(F)(F)F)c2)CCCNC1. The minimum absolute atomic E-state index is 0.158. The van der Waals surface area contributed by atoms with Crippen molar-refractivity contribution in [2.24, 2.45) is 5.41 Å². The Morgan fingerprint density at radius 1 is 1.40 bits per heavy atom. The van der Waals surface area contributed by atoms with Crippen LogP contribution in [0, 0.1) is 5.41 Å². The van der Waals surface area contributed by atoms with Gasteiger partial charge in [0.2, 0.25) is 0 Å². The molecule has 1 saturated heterocycles. The molecule has 2 rings (SSSR count). The minimum atomic E-state index is -4.42. The zero-order valence-electron chi connectivity index (χ0n) is 11.4. The van der Waals surface area contributed by atoms with Gasteiger partial charge in [-0.1, -0.05) is 19.1 Å². The van der Waals surface area contributed by atoms with Crippen LogP contribution in [-0.2, 0) is 6.18 Å². The maximum Gasteiger partial charge on any atom is 0.416 e. The highest BCUT2D eigenvalue weighted by molar-refractivity contribution is 6.01. The third-order valence-corrected chi connectivity index (χ3v) is 4.08. The first-order valence-electron chi connectivity index (χ1n) is 6.82. The Balaban J connectivity index is 2.33. The summed E-state index contributed by atoms with van der Waals surface area (Å²) < 4.78 is 38.2. The van der Waals surface area contributed by atoms with Crippen molar-refractivity contribution in [3.63, 3.8) is 0 Å². The van der Waals surface area contributed by atoms with Gasteiger partial charge in [-0.15, -0.1) is 0 Å². The number of halogens is 3. The van der Waals surface area contributed by atoms with E-state index in [2.05, 4.69) is 5.32 Å². The average Bonchev–Trinajstić information content (AvgIpc) is 2.46. The third kappa shape index (κ3) is 2.87. The molecule has 1 aliphatic heterocycles. The molecule has 1 N–H and O–H groups in total. The third-order valence-electron chi connectivity index (χ3n) is 4.08. The fourth-order valence-corrected chi connectivity index (χ4v) is 2.77. The molecule has 0 bridgehead atoms. The van der Waals surface area contributed by atoms with Gasteiger partial charge in [-0.25, -0.2) is 0 Å². The van der Waals surface area contributed by atoms with E-state index >= 15 is 0 Å². The van der Waals surface area contributed by atoms with Gasteiger partial charge < -0.3 is 5.32 Å². The number of piperidine rings is 1. The quantitative estimate of drug-likeness (QED) is 0.859. The number of ketones is 1. The number of carbonyl (C=O) groups excluding carboxylic acids is 1. The maximum atomic E-state index is 12.7. The van der Waals surface area contributed by atoms with Gasteiger partial charge in [0.25, 0.3) is 0 Å². The highest BCUT2D eigenvalue weighted by Gasteiger charge is 2.39. The summed E-state index contributed by atoms with van der Waals surface area (Å²) in [5.74, 6) is -0.182. The molecule has 20 heavy (non-hydrogen) atoms. The van der Waals surface area contributed by atoms with Gasteiger partial charge in [-0.3, -0.25) is 4.79 Å². The first-order valence-corrected chi connectivity index (χ1v) is 6.82. The van der Waals surface area contributed by atoms with Gasteiger partial charge in [0.15, 0.2) is 5.78 Å². The molecule has 0 amide bonds. The van der Waals surface area contributed by atoms with Crippen LogP contribution in [0.5, 0.6) is 0 Å². The van der Waals surface area contributed by atoms with Crippen LogP contribution < -0.4 is 5.32 Å². The Labute approximate surface area is 116 Å². The number of hydrogen-bond acceptors (Lipinski definition) is 2. The van der Waals surface area contributed by atoms with Crippen molar-refractivity contribution in [3.05, 3.63) is 35.4 Å². The molecule has 5 heteroatoms. The van der Waals surface area contributed by atoms with Gasteiger partial charge in [-0.05, 0) is 37.9 Å². The van der Waals surface area contributed by atoms with Crippen LogP contribution in [0.4, 0.5) is 13.2 Å². The molecule has 1 atom stereocenters. The summed E-state index contributed by atoms with van der Waals surface area (Å²) in [7, 11) is 0. The number of hydrogen-bond donors (Lipinski definition) is 1. The molecule has 1 unspecified atom stereocenters. The summed E-state index contributed by atoms with van der Waals surface area (Å²) in [4.78, 5) is 12.6. The van der Waals surface area contributed by atoms with Crippen molar-refractivity contribution in [2.45, 2.75) is 32.4 Å². The number of alkyl halides is 3. The van der Waals surface area contributed by atoms with E-state index in [1.54, 1.807) is 0 Å². The van der Waals surface area contributed by atoms with Crippen molar-refractivity contribution >= 4 is 5.78 Å².